The Balaban J connectivity index is 2.09. The first-order valence-electron chi connectivity index (χ1n) is 7.39. The summed E-state index contributed by atoms with van der Waals surface area (Å²) in [4.78, 5) is 0. The molecule has 5 heteroatoms. The van der Waals surface area contributed by atoms with Gasteiger partial charge in [-0.3, -0.25) is 0 Å². The minimum atomic E-state index is -4.33. The van der Waals surface area contributed by atoms with Crippen LogP contribution in [0.3, 0.4) is 0 Å². The van der Waals surface area contributed by atoms with E-state index in [1.54, 1.807) is 6.07 Å². The number of aliphatic hydroxyl groups is 1. The van der Waals surface area contributed by atoms with Crippen molar-refractivity contribution in [3.63, 3.8) is 0 Å². The van der Waals surface area contributed by atoms with Crippen LogP contribution in [0.25, 0.3) is 0 Å². The van der Waals surface area contributed by atoms with Crippen LogP contribution in [-0.4, -0.2) is 18.3 Å². The van der Waals surface area contributed by atoms with Crippen molar-refractivity contribution in [2.75, 3.05) is 18.5 Å². The molecule has 0 unspecified atom stereocenters. The maximum absolute atomic E-state index is 12.9. The molecule has 0 heterocycles. The summed E-state index contributed by atoms with van der Waals surface area (Å²) >= 11 is 0. The standard InChI is InChI=1S/C16H22F3NO/c1-12-5-6-13(9-14(12)16(17,18)19)20-10-15(11-21)7-3-2-4-8-15/h5-6,9,20-21H,2-4,7-8,10-11H2,1H3. The molecule has 0 atom stereocenters. The van der Waals surface area contributed by atoms with Crippen molar-refractivity contribution >= 4 is 5.69 Å². The van der Waals surface area contributed by atoms with Crippen LogP contribution in [0.15, 0.2) is 18.2 Å². The van der Waals surface area contributed by atoms with E-state index in [9.17, 15) is 18.3 Å². The number of hydrogen-bond donors (Lipinski definition) is 2. The summed E-state index contributed by atoms with van der Waals surface area (Å²) in [5, 5.41) is 12.7. The molecule has 0 saturated heterocycles. The van der Waals surface area contributed by atoms with Gasteiger partial charge in [-0.15, -0.1) is 0 Å². The number of anilines is 1. The first kappa shape index (κ1) is 16.1. The van der Waals surface area contributed by atoms with Crippen molar-refractivity contribution in [1.29, 1.82) is 0 Å². The number of alkyl halides is 3. The Morgan fingerprint density at radius 1 is 1.19 bits per heavy atom. The molecule has 0 radical (unpaired) electrons. The fourth-order valence-electron chi connectivity index (χ4n) is 3.02. The van der Waals surface area contributed by atoms with Crippen molar-refractivity contribution in [2.45, 2.75) is 45.2 Å². The van der Waals surface area contributed by atoms with Gasteiger partial charge in [-0.25, -0.2) is 0 Å². The fraction of sp³-hybridized carbons (Fsp3) is 0.625. The molecule has 2 N–H and O–H groups in total. The fourth-order valence-corrected chi connectivity index (χ4v) is 3.02. The van der Waals surface area contributed by atoms with E-state index in [2.05, 4.69) is 5.32 Å². The summed E-state index contributed by atoms with van der Waals surface area (Å²) in [5.41, 5.74) is -0.107. The maximum Gasteiger partial charge on any atom is 0.416 e. The van der Waals surface area contributed by atoms with Crippen molar-refractivity contribution in [1.82, 2.24) is 0 Å². The van der Waals surface area contributed by atoms with Crippen LogP contribution in [0.4, 0.5) is 18.9 Å². The predicted octanol–water partition coefficient (Wildman–Crippen LogP) is 4.37. The van der Waals surface area contributed by atoms with Crippen LogP contribution < -0.4 is 5.32 Å². The molecule has 2 rings (SSSR count). The number of rotatable bonds is 4. The smallest absolute Gasteiger partial charge is 0.396 e. The summed E-state index contributed by atoms with van der Waals surface area (Å²) in [7, 11) is 0. The number of aryl methyl sites for hydroxylation is 1. The highest BCUT2D eigenvalue weighted by atomic mass is 19.4. The normalized spacial score (nSPS) is 18.5. The third kappa shape index (κ3) is 3.90. The Morgan fingerprint density at radius 2 is 1.86 bits per heavy atom. The molecule has 1 aliphatic carbocycles. The van der Waals surface area contributed by atoms with Gasteiger partial charge < -0.3 is 10.4 Å². The number of hydrogen-bond acceptors (Lipinski definition) is 2. The highest BCUT2D eigenvalue weighted by Crippen LogP contribution is 2.37. The average Bonchev–Trinajstić information content (AvgIpc) is 2.46. The van der Waals surface area contributed by atoms with Crippen molar-refractivity contribution in [2.24, 2.45) is 5.41 Å². The van der Waals surface area contributed by atoms with Gasteiger partial charge in [0.15, 0.2) is 0 Å². The Morgan fingerprint density at radius 3 is 2.43 bits per heavy atom. The summed E-state index contributed by atoms with van der Waals surface area (Å²) in [6.07, 6.45) is 0.836. The van der Waals surface area contributed by atoms with Gasteiger partial charge >= 0.3 is 6.18 Å². The van der Waals surface area contributed by atoms with Crippen LogP contribution in [0.2, 0.25) is 0 Å². The number of nitrogens with one attached hydrogen (secondary N) is 1. The molecule has 0 aliphatic heterocycles. The Hall–Kier alpha value is -1.23. The van der Waals surface area contributed by atoms with E-state index in [0.29, 0.717) is 12.2 Å². The molecule has 1 aromatic rings. The van der Waals surface area contributed by atoms with Gasteiger partial charge in [-0.1, -0.05) is 25.3 Å². The van der Waals surface area contributed by atoms with Gasteiger partial charge in [0.2, 0.25) is 0 Å². The molecule has 0 amide bonds. The largest absolute Gasteiger partial charge is 0.416 e. The molecule has 1 aliphatic rings. The minimum absolute atomic E-state index is 0.0813. The van der Waals surface area contributed by atoms with E-state index in [4.69, 9.17) is 0 Å². The zero-order chi connectivity index (χ0) is 15.5. The lowest BCUT2D eigenvalue weighted by Crippen LogP contribution is -2.35. The predicted molar refractivity (Wildman–Crippen MR) is 77.3 cm³/mol. The van der Waals surface area contributed by atoms with Crippen LogP contribution in [0, 0.1) is 12.3 Å². The number of benzene rings is 1. The molecule has 2 nitrogen and oxygen atoms in total. The number of halogens is 3. The topological polar surface area (TPSA) is 32.3 Å². The van der Waals surface area contributed by atoms with Crippen LogP contribution >= 0.6 is 0 Å². The van der Waals surface area contributed by atoms with Crippen molar-refractivity contribution in [3.05, 3.63) is 29.3 Å². The van der Waals surface area contributed by atoms with E-state index in [0.717, 1.165) is 31.7 Å². The van der Waals surface area contributed by atoms with E-state index in [1.165, 1.54) is 19.4 Å². The lowest BCUT2D eigenvalue weighted by atomic mass is 9.74. The second-order valence-corrected chi connectivity index (χ2v) is 6.10. The summed E-state index contributed by atoms with van der Waals surface area (Å²) in [6, 6.07) is 4.30. The lowest BCUT2D eigenvalue weighted by molar-refractivity contribution is -0.138. The Bertz CT molecular complexity index is 479. The first-order chi connectivity index (χ1) is 9.86. The average molecular weight is 301 g/mol. The molecule has 1 saturated carbocycles. The van der Waals surface area contributed by atoms with Crippen LogP contribution in [0.5, 0.6) is 0 Å². The molecule has 0 bridgehead atoms. The van der Waals surface area contributed by atoms with Gasteiger partial charge in [0, 0.05) is 17.6 Å². The first-order valence-corrected chi connectivity index (χ1v) is 7.39. The van der Waals surface area contributed by atoms with Gasteiger partial charge in [-0.05, 0) is 37.5 Å². The van der Waals surface area contributed by atoms with Crippen molar-refractivity contribution in [3.8, 4) is 0 Å². The summed E-state index contributed by atoms with van der Waals surface area (Å²) in [5.74, 6) is 0. The molecule has 0 aromatic heterocycles. The highest BCUT2D eigenvalue weighted by Gasteiger charge is 2.33. The number of aliphatic hydroxyl groups excluding tert-OH is 1. The van der Waals surface area contributed by atoms with Crippen molar-refractivity contribution < 1.29 is 18.3 Å². The molecule has 1 fully saturated rings. The molecule has 21 heavy (non-hydrogen) atoms. The molecular weight excluding hydrogens is 279 g/mol. The summed E-state index contributed by atoms with van der Waals surface area (Å²) < 4.78 is 38.7. The third-order valence-electron chi connectivity index (χ3n) is 4.46. The zero-order valence-electron chi connectivity index (χ0n) is 12.3. The molecule has 118 valence electrons. The van der Waals surface area contributed by atoms with E-state index in [1.807, 2.05) is 0 Å². The summed E-state index contributed by atoms with van der Waals surface area (Å²) in [6.45, 7) is 2.06. The Labute approximate surface area is 123 Å². The maximum atomic E-state index is 12.9. The van der Waals surface area contributed by atoms with E-state index >= 15 is 0 Å². The monoisotopic (exact) mass is 301 g/mol. The molecular formula is C16H22F3NO. The van der Waals surface area contributed by atoms with E-state index in [-0.39, 0.29) is 17.6 Å². The quantitative estimate of drug-likeness (QED) is 0.865. The van der Waals surface area contributed by atoms with Crippen LogP contribution in [-0.2, 0) is 6.18 Å². The van der Waals surface area contributed by atoms with E-state index < -0.39 is 11.7 Å². The lowest BCUT2D eigenvalue weighted by Gasteiger charge is -2.36. The SMILES string of the molecule is Cc1ccc(NCC2(CO)CCCCC2)cc1C(F)(F)F. The van der Waals surface area contributed by atoms with Crippen LogP contribution in [0.1, 0.15) is 43.2 Å². The second kappa shape index (κ2) is 6.26. The zero-order valence-corrected chi connectivity index (χ0v) is 12.3. The minimum Gasteiger partial charge on any atom is -0.396 e. The van der Waals surface area contributed by atoms with Gasteiger partial charge in [0.05, 0.1) is 12.2 Å². The van der Waals surface area contributed by atoms with Gasteiger partial charge in [-0.2, -0.15) is 13.2 Å². The van der Waals surface area contributed by atoms with Gasteiger partial charge in [0.1, 0.15) is 0 Å². The molecule has 1 aromatic carbocycles. The second-order valence-electron chi connectivity index (χ2n) is 6.10. The third-order valence-corrected chi connectivity index (χ3v) is 4.46. The molecule has 0 spiro atoms. The highest BCUT2D eigenvalue weighted by molar-refractivity contribution is 5.49. The van der Waals surface area contributed by atoms with Gasteiger partial charge in [0.25, 0.3) is 0 Å². The Kier molecular flexibility index (Phi) is 4.81.